The molecule has 1 rings (SSSR count). The highest BCUT2D eigenvalue weighted by Gasteiger charge is 2.20. The van der Waals surface area contributed by atoms with Crippen molar-refractivity contribution in [1.29, 1.82) is 5.26 Å². The Balaban J connectivity index is 3.33. The van der Waals surface area contributed by atoms with Gasteiger partial charge in [-0.2, -0.15) is 5.26 Å². The van der Waals surface area contributed by atoms with Crippen molar-refractivity contribution in [3.63, 3.8) is 0 Å². The van der Waals surface area contributed by atoms with Crippen molar-refractivity contribution >= 4 is 17.3 Å². The minimum atomic E-state index is -1.22. The van der Waals surface area contributed by atoms with Crippen LogP contribution in [0.1, 0.15) is 22.3 Å². The molecule has 0 fully saturated rings. The van der Waals surface area contributed by atoms with Crippen LogP contribution < -0.4 is 4.90 Å². The number of carboxylic acids is 1. The van der Waals surface area contributed by atoms with Gasteiger partial charge in [0, 0.05) is 25.3 Å². The molecule has 19 heavy (non-hydrogen) atoms. The fraction of sp³-hybridized carbons (Fsp3) is 0.333. The Morgan fingerprint density at radius 3 is 2.68 bits per heavy atom. The highest BCUT2D eigenvalue weighted by Crippen LogP contribution is 2.30. The number of carboxylic acid groups (broad SMARTS) is 1. The summed E-state index contributed by atoms with van der Waals surface area (Å²) in [6.07, 6.45) is 0.251. The summed E-state index contributed by atoms with van der Waals surface area (Å²) < 4.78 is 0. The van der Waals surface area contributed by atoms with Gasteiger partial charge in [-0.1, -0.05) is 0 Å². The van der Waals surface area contributed by atoms with Gasteiger partial charge in [0.2, 0.25) is 0 Å². The minimum Gasteiger partial charge on any atom is -0.478 e. The van der Waals surface area contributed by atoms with Crippen LogP contribution in [0.3, 0.4) is 0 Å². The van der Waals surface area contributed by atoms with E-state index in [-0.39, 0.29) is 17.7 Å². The first-order valence-electron chi connectivity index (χ1n) is 5.49. The van der Waals surface area contributed by atoms with Crippen LogP contribution in [0.25, 0.3) is 0 Å². The molecule has 0 aliphatic heterocycles. The summed E-state index contributed by atoms with van der Waals surface area (Å²) in [6, 6.07) is 4.39. The molecule has 0 aromatic heterocycles. The topological polar surface area (TPSA) is 107 Å². The zero-order chi connectivity index (χ0) is 14.6. The third kappa shape index (κ3) is 3.19. The van der Waals surface area contributed by atoms with Crippen molar-refractivity contribution in [2.45, 2.75) is 13.3 Å². The number of benzene rings is 1. The molecule has 0 aliphatic rings. The van der Waals surface area contributed by atoms with E-state index in [9.17, 15) is 14.9 Å². The van der Waals surface area contributed by atoms with Crippen molar-refractivity contribution in [3.8, 4) is 6.07 Å². The van der Waals surface area contributed by atoms with E-state index in [1.807, 2.05) is 6.07 Å². The Morgan fingerprint density at radius 1 is 1.58 bits per heavy atom. The molecule has 7 nitrogen and oxygen atoms in total. The van der Waals surface area contributed by atoms with Gasteiger partial charge < -0.3 is 10.0 Å². The molecule has 0 saturated heterocycles. The molecule has 1 N–H and O–H groups in total. The summed E-state index contributed by atoms with van der Waals surface area (Å²) in [5, 5.41) is 28.4. The Hall–Kier alpha value is -2.62. The number of rotatable bonds is 5. The minimum absolute atomic E-state index is 0.142. The highest BCUT2D eigenvalue weighted by atomic mass is 16.6. The van der Waals surface area contributed by atoms with Crippen LogP contribution in [-0.2, 0) is 0 Å². The summed E-state index contributed by atoms with van der Waals surface area (Å²) in [6.45, 7) is 1.93. The Morgan fingerprint density at radius 2 is 2.21 bits per heavy atom. The van der Waals surface area contributed by atoms with E-state index >= 15 is 0 Å². The van der Waals surface area contributed by atoms with Crippen molar-refractivity contribution in [3.05, 3.63) is 33.4 Å². The quantitative estimate of drug-likeness (QED) is 0.642. The lowest BCUT2D eigenvalue weighted by atomic mass is 10.1. The molecule has 0 aliphatic carbocycles. The lowest BCUT2D eigenvalue weighted by Gasteiger charge is -2.20. The maximum atomic E-state index is 11.0. The van der Waals surface area contributed by atoms with Gasteiger partial charge in [0.1, 0.15) is 0 Å². The van der Waals surface area contributed by atoms with Gasteiger partial charge in [-0.3, -0.25) is 10.1 Å². The molecule has 0 bridgehead atoms. The second kappa shape index (κ2) is 5.82. The van der Waals surface area contributed by atoms with Crippen molar-refractivity contribution in [1.82, 2.24) is 0 Å². The van der Waals surface area contributed by atoms with E-state index in [0.717, 1.165) is 6.07 Å². The molecule has 0 atom stereocenters. The number of nitro groups is 1. The predicted molar refractivity (Wildman–Crippen MR) is 68.3 cm³/mol. The van der Waals surface area contributed by atoms with E-state index in [2.05, 4.69) is 0 Å². The number of hydrogen-bond donors (Lipinski definition) is 1. The smallest absolute Gasteiger partial charge is 0.336 e. The van der Waals surface area contributed by atoms with Gasteiger partial charge in [-0.15, -0.1) is 0 Å². The second-order valence-electron chi connectivity index (χ2n) is 4.03. The summed E-state index contributed by atoms with van der Waals surface area (Å²) in [7, 11) is 1.66. The fourth-order valence-electron chi connectivity index (χ4n) is 1.73. The maximum absolute atomic E-state index is 11.0. The average molecular weight is 263 g/mol. The Bertz CT molecular complexity index is 563. The molecule has 0 amide bonds. The molecule has 100 valence electrons. The first-order valence-corrected chi connectivity index (χ1v) is 5.49. The first-order chi connectivity index (χ1) is 8.88. The molecule has 0 radical (unpaired) electrons. The summed E-state index contributed by atoms with van der Waals surface area (Å²) in [5.41, 5.74) is 0.451. The molecule has 0 saturated carbocycles. The van der Waals surface area contributed by atoms with E-state index in [4.69, 9.17) is 10.4 Å². The third-order valence-electron chi connectivity index (χ3n) is 2.77. The zero-order valence-corrected chi connectivity index (χ0v) is 10.6. The second-order valence-corrected chi connectivity index (χ2v) is 4.03. The van der Waals surface area contributed by atoms with Gasteiger partial charge in [-0.25, -0.2) is 4.79 Å². The number of nitro benzene ring substituents is 1. The van der Waals surface area contributed by atoms with Crippen LogP contribution in [0.2, 0.25) is 0 Å². The molecule has 1 aromatic carbocycles. The summed E-state index contributed by atoms with van der Waals surface area (Å²) >= 11 is 0. The SMILES string of the molecule is Cc1c(N(C)CCC#N)cc(C(=O)O)cc1[N+](=O)[O-]. The van der Waals surface area contributed by atoms with Gasteiger partial charge in [-0.05, 0) is 13.0 Å². The van der Waals surface area contributed by atoms with Gasteiger partial charge in [0.15, 0.2) is 0 Å². The number of aromatic carboxylic acids is 1. The zero-order valence-electron chi connectivity index (χ0n) is 10.6. The van der Waals surface area contributed by atoms with E-state index in [1.54, 1.807) is 18.9 Å². The number of nitriles is 1. The van der Waals surface area contributed by atoms with Crippen LogP contribution in [0.4, 0.5) is 11.4 Å². The van der Waals surface area contributed by atoms with Crippen LogP contribution in [-0.4, -0.2) is 29.6 Å². The van der Waals surface area contributed by atoms with Crippen LogP contribution in [0.5, 0.6) is 0 Å². The molecule has 0 unspecified atom stereocenters. The molecular weight excluding hydrogens is 250 g/mol. The number of nitrogens with zero attached hydrogens (tertiary/aromatic N) is 3. The Labute approximate surface area is 109 Å². The molecule has 1 aromatic rings. The van der Waals surface area contributed by atoms with Crippen molar-refractivity contribution < 1.29 is 14.8 Å². The monoisotopic (exact) mass is 263 g/mol. The first kappa shape index (κ1) is 14.4. The van der Waals surface area contributed by atoms with E-state index in [1.165, 1.54) is 6.07 Å². The van der Waals surface area contributed by atoms with Crippen molar-refractivity contribution in [2.75, 3.05) is 18.5 Å². The predicted octanol–water partition coefficient (Wildman–Crippen LogP) is 1.95. The normalized spacial score (nSPS) is 9.74. The number of anilines is 1. The fourth-order valence-corrected chi connectivity index (χ4v) is 1.73. The summed E-state index contributed by atoms with van der Waals surface area (Å²) in [4.78, 5) is 22.9. The van der Waals surface area contributed by atoms with Gasteiger partial charge in [0.05, 0.1) is 28.5 Å². The van der Waals surface area contributed by atoms with Crippen LogP contribution in [0.15, 0.2) is 12.1 Å². The average Bonchev–Trinajstić information content (AvgIpc) is 2.35. The lowest BCUT2D eigenvalue weighted by molar-refractivity contribution is -0.385. The number of hydrogen-bond acceptors (Lipinski definition) is 5. The molecule has 0 spiro atoms. The van der Waals surface area contributed by atoms with E-state index in [0.29, 0.717) is 17.8 Å². The van der Waals surface area contributed by atoms with E-state index < -0.39 is 10.9 Å². The standard InChI is InChI=1S/C12H13N3O4/c1-8-10(14(2)5-3-4-13)6-9(12(16)17)7-11(8)15(18)19/h6-7H,3,5H2,1-2H3,(H,16,17). The molecule has 0 heterocycles. The Kier molecular flexibility index (Phi) is 4.42. The molecular formula is C12H13N3O4. The third-order valence-corrected chi connectivity index (χ3v) is 2.77. The molecule has 7 heteroatoms. The maximum Gasteiger partial charge on any atom is 0.336 e. The van der Waals surface area contributed by atoms with Crippen LogP contribution in [0, 0.1) is 28.4 Å². The van der Waals surface area contributed by atoms with Gasteiger partial charge >= 0.3 is 5.97 Å². The van der Waals surface area contributed by atoms with Crippen molar-refractivity contribution in [2.24, 2.45) is 0 Å². The largest absolute Gasteiger partial charge is 0.478 e. The lowest BCUT2D eigenvalue weighted by Crippen LogP contribution is -2.20. The highest BCUT2D eigenvalue weighted by molar-refractivity contribution is 5.90. The number of carbonyl (C=O) groups is 1. The summed E-state index contributed by atoms with van der Waals surface area (Å²) in [5.74, 6) is -1.22. The van der Waals surface area contributed by atoms with Gasteiger partial charge in [0.25, 0.3) is 5.69 Å². The van der Waals surface area contributed by atoms with Crippen LogP contribution >= 0.6 is 0 Å².